The number of fused-ring (bicyclic) bond motifs is 1. The molecule has 0 bridgehead atoms. The zero-order valence-corrected chi connectivity index (χ0v) is 18.1. The van der Waals surface area contributed by atoms with Crippen molar-refractivity contribution in [3.63, 3.8) is 0 Å². The van der Waals surface area contributed by atoms with Crippen LogP contribution in [0, 0.1) is 0 Å². The number of benzene rings is 2. The molecule has 2 heterocycles. The number of amides is 2. The second kappa shape index (κ2) is 10.3. The van der Waals surface area contributed by atoms with Crippen LogP contribution in [-0.4, -0.2) is 40.3 Å². The molecule has 0 aliphatic rings. The predicted octanol–water partition coefficient (Wildman–Crippen LogP) is 2.65. The van der Waals surface area contributed by atoms with Crippen molar-refractivity contribution in [2.75, 3.05) is 13.1 Å². The fourth-order valence-electron chi connectivity index (χ4n) is 3.55. The van der Waals surface area contributed by atoms with Crippen molar-refractivity contribution in [1.29, 1.82) is 0 Å². The van der Waals surface area contributed by atoms with Crippen LogP contribution in [0.3, 0.4) is 0 Å². The van der Waals surface area contributed by atoms with Crippen LogP contribution in [0.4, 0.5) is 4.79 Å². The van der Waals surface area contributed by atoms with Gasteiger partial charge < -0.3 is 25.0 Å². The summed E-state index contributed by atoms with van der Waals surface area (Å²) in [5.41, 5.74) is 2.14. The smallest absolute Gasteiger partial charge is 0.414 e. The zero-order valence-electron chi connectivity index (χ0n) is 18.1. The molecule has 0 saturated heterocycles. The third-order valence-corrected chi connectivity index (χ3v) is 5.17. The second-order valence-corrected chi connectivity index (χ2v) is 7.40. The van der Waals surface area contributed by atoms with Gasteiger partial charge in [-0.05, 0) is 17.2 Å². The Morgan fingerprint density at radius 1 is 1.06 bits per heavy atom. The quantitative estimate of drug-likeness (QED) is 0.276. The molecular weight excluding hydrogens is 436 g/mol. The van der Waals surface area contributed by atoms with E-state index in [1.54, 1.807) is 6.07 Å². The van der Waals surface area contributed by atoms with E-state index in [9.17, 15) is 19.5 Å². The summed E-state index contributed by atoms with van der Waals surface area (Å²) in [5.74, 6) is -0.657. The lowest BCUT2D eigenvalue weighted by Gasteiger charge is -2.15. The van der Waals surface area contributed by atoms with Gasteiger partial charge in [0.25, 0.3) is 11.4 Å². The molecule has 3 N–H and O–H groups in total. The lowest BCUT2D eigenvalue weighted by molar-refractivity contribution is -0.109. The van der Waals surface area contributed by atoms with E-state index in [1.165, 1.54) is 10.8 Å². The van der Waals surface area contributed by atoms with Crippen LogP contribution in [0.15, 0.2) is 77.7 Å². The van der Waals surface area contributed by atoms with Gasteiger partial charge in [-0.1, -0.05) is 60.7 Å². The van der Waals surface area contributed by atoms with Gasteiger partial charge in [0.15, 0.2) is 5.75 Å². The van der Waals surface area contributed by atoms with Gasteiger partial charge in [0.05, 0.1) is 18.3 Å². The first kappa shape index (κ1) is 22.5. The van der Waals surface area contributed by atoms with Gasteiger partial charge in [-0.2, -0.15) is 0 Å². The molecule has 0 spiro atoms. The summed E-state index contributed by atoms with van der Waals surface area (Å²) in [6.07, 6.45) is 1.07. The topological polar surface area (TPSA) is 123 Å². The fraction of sp³-hybridized carbons (Fsp3) is 0.120. The van der Waals surface area contributed by atoms with Gasteiger partial charge in [-0.15, -0.1) is 0 Å². The van der Waals surface area contributed by atoms with Crippen molar-refractivity contribution in [2.45, 2.75) is 6.54 Å². The van der Waals surface area contributed by atoms with E-state index in [4.69, 9.17) is 4.74 Å². The first-order chi connectivity index (χ1) is 16.6. The molecule has 2 aromatic heterocycles. The Hall–Kier alpha value is -4.66. The number of carbonyl (C=O) groups is 2. The predicted molar refractivity (Wildman–Crippen MR) is 127 cm³/mol. The summed E-state index contributed by atoms with van der Waals surface area (Å²) in [6.45, 7) is 0.630. The van der Waals surface area contributed by atoms with Crippen LogP contribution in [0.5, 0.6) is 11.6 Å². The number of ether oxygens (including phenoxy) is 1. The molecular formula is C25H22N4O5. The first-order valence-corrected chi connectivity index (χ1v) is 10.6. The average molecular weight is 458 g/mol. The number of pyridine rings is 2. The highest BCUT2D eigenvalue weighted by molar-refractivity contribution is 5.90. The van der Waals surface area contributed by atoms with Gasteiger partial charge >= 0.3 is 6.09 Å². The third kappa shape index (κ3) is 4.88. The van der Waals surface area contributed by atoms with Crippen LogP contribution >= 0.6 is 0 Å². The minimum Gasteiger partial charge on any atom is -0.503 e. The Morgan fingerprint density at radius 2 is 1.76 bits per heavy atom. The summed E-state index contributed by atoms with van der Waals surface area (Å²) < 4.78 is 6.69. The van der Waals surface area contributed by atoms with Crippen molar-refractivity contribution in [3.05, 3.63) is 88.8 Å². The van der Waals surface area contributed by atoms with E-state index in [2.05, 4.69) is 15.6 Å². The van der Waals surface area contributed by atoms with Crippen molar-refractivity contribution < 1.29 is 19.4 Å². The monoisotopic (exact) mass is 458 g/mol. The fourth-order valence-corrected chi connectivity index (χ4v) is 3.55. The number of rotatable bonds is 8. The number of aromatic hydroxyl groups is 1. The molecule has 9 nitrogen and oxygen atoms in total. The van der Waals surface area contributed by atoms with Crippen LogP contribution in [0.2, 0.25) is 0 Å². The summed E-state index contributed by atoms with van der Waals surface area (Å²) in [6, 6.07) is 20.2. The van der Waals surface area contributed by atoms with Gasteiger partial charge in [0, 0.05) is 24.0 Å². The highest BCUT2D eigenvalue weighted by Crippen LogP contribution is 2.34. The summed E-state index contributed by atoms with van der Waals surface area (Å²) in [4.78, 5) is 39.9. The number of nitrogens with one attached hydrogen (secondary N) is 2. The molecule has 9 heteroatoms. The highest BCUT2D eigenvalue weighted by Gasteiger charge is 2.19. The van der Waals surface area contributed by atoms with Crippen molar-refractivity contribution in [3.8, 4) is 22.8 Å². The molecule has 0 radical (unpaired) electrons. The normalized spacial score (nSPS) is 10.6. The van der Waals surface area contributed by atoms with Gasteiger partial charge in [-0.25, -0.2) is 9.78 Å². The maximum Gasteiger partial charge on any atom is 0.414 e. The van der Waals surface area contributed by atoms with Crippen LogP contribution in [0.25, 0.3) is 22.0 Å². The van der Waals surface area contributed by atoms with E-state index < -0.39 is 6.09 Å². The molecule has 172 valence electrons. The van der Waals surface area contributed by atoms with Gasteiger partial charge in [-0.3, -0.25) is 9.59 Å². The minimum absolute atomic E-state index is 0.140. The molecule has 4 aromatic rings. The van der Waals surface area contributed by atoms with Gasteiger partial charge in [0.1, 0.15) is 0 Å². The minimum atomic E-state index is -0.837. The van der Waals surface area contributed by atoms with E-state index in [-0.39, 0.29) is 36.8 Å². The molecule has 0 aliphatic carbocycles. The maximum atomic E-state index is 13.5. The molecule has 2 aromatic carbocycles. The molecule has 34 heavy (non-hydrogen) atoms. The summed E-state index contributed by atoms with van der Waals surface area (Å²) >= 11 is 0. The van der Waals surface area contributed by atoms with Crippen molar-refractivity contribution >= 4 is 23.4 Å². The molecule has 0 aliphatic heterocycles. The largest absolute Gasteiger partial charge is 0.503 e. The second-order valence-electron chi connectivity index (χ2n) is 7.40. The Balaban J connectivity index is 1.78. The van der Waals surface area contributed by atoms with E-state index in [0.717, 1.165) is 5.56 Å². The maximum absolute atomic E-state index is 13.5. The van der Waals surface area contributed by atoms with Gasteiger partial charge in [0.2, 0.25) is 6.41 Å². The van der Waals surface area contributed by atoms with Crippen molar-refractivity contribution in [2.24, 2.45) is 0 Å². The van der Waals surface area contributed by atoms with Crippen LogP contribution < -0.4 is 20.9 Å². The molecule has 0 saturated carbocycles. The SMILES string of the molecule is O=CNCCNC(=O)Oc1ncc2c(cc(-c3ccccc3)c(=O)n2Cc2ccccc2)c1O. The van der Waals surface area contributed by atoms with Crippen molar-refractivity contribution in [1.82, 2.24) is 20.2 Å². The van der Waals surface area contributed by atoms with Crippen LogP contribution in [0.1, 0.15) is 5.56 Å². The number of aromatic nitrogens is 2. The number of hydrogen-bond acceptors (Lipinski definition) is 6. The molecule has 4 rings (SSSR count). The van der Waals surface area contributed by atoms with Crippen LogP contribution in [-0.2, 0) is 11.3 Å². The number of carbonyl (C=O) groups excluding carboxylic acids is 2. The summed E-state index contributed by atoms with van der Waals surface area (Å²) in [7, 11) is 0. The number of nitrogens with zero attached hydrogens (tertiary/aromatic N) is 2. The first-order valence-electron chi connectivity index (χ1n) is 10.6. The van der Waals surface area contributed by atoms with E-state index in [0.29, 0.717) is 28.4 Å². The molecule has 0 atom stereocenters. The average Bonchev–Trinajstić information content (AvgIpc) is 2.86. The standard InChI is InChI=1S/C25H22N4O5/c30-16-26-11-12-27-25(33)34-23-22(31)20-13-19(18-9-5-2-6-10-18)24(32)29(21(20)14-28-23)15-17-7-3-1-4-8-17/h1-10,13-14,16,31H,11-12,15H2,(H,26,30)(H,27,33). The molecule has 2 amide bonds. The molecule has 0 unspecified atom stereocenters. The highest BCUT2D eigenvalue weighted by atomic mass is 16.6. The Bertz CT molecular complexity index is 1370. The van der Waals surface area contributed by atoms with E-state index >= 15 is 0 Å². The Morgan fingerprint density at radius 3 is 2.47 bits per heavy atom. The Labute approximate surface area is 194 Å². The Kier molecular flexibility index (Phi) is 6.83. The lowest BCUT2D eigenvalue weighted by Crippen LogP contribution is -2.33. The lowest BCUT2D eigenvalue weighted by atomic mass is 10.0. The third-order valence-electron chi connectivity index (χ3n) is 5.17. The summed E-state index contributed by atoms with van der Waals surface area (Å²) in [5, 5.41) is 16.1. The zero-order chi connectivity index (χ0) is 23.9. The number of hydrogen-bond donors (Lipinski definition) is 3. The van der Waals surface area contributed by atoms with E-state index in [1.807, 2.05) is 60.7 Å². The molecule has 0 fully saturated rings.